The van der Waals surface area contributed by atoms with Crippen LogP contribution in [0.15, 0.2) is 108 Å². The summed E-state index contributed by atoms with van der Waals surface area (Å²) >= 11 is 12.9. The van der Waals surface area contributed by atoms with E-state index in [1.807, 2.05) is 72.8 Å². The molecule has 0 aliphatic heterocycles. The van der Waals surface area contributed by atoms with E-state index in [0.717, 1.165) is 11.1 Å². The Kier molecular flexibility index (Phi) is 8.76. The van der Waals surface area contributed by atoms with E-state index in [4.69, 9.17) is 38.4 Å². The van der Waals surface area contributed by atoms with Gasteiger partial charge in [0.1, 0.15) is 42.7 Å². The molecule has 0 atom stereocenters. The van der Waals surface area contributed by atoms with Gasteiger partial charge in [-0.1, -0.05) is 83.9 Å². The van der Waals surface area contributed by atoms with Crippen LogP contribution in [0.25, 0.3) is 0 Å². The highest BCUT2D eigenvalue weighted by Crippen LogP contribution is 2.32. The van der Waals surface area contributed by atoms with Gasteiger partial charge in [0.25, 0.3) is 0 Å². The minimum Gasteiger partial charge on any atom is -0.487 e. The van der Waals surface area contributed by atoms with Crippen LogP contribution in [0.3, 0.4) is 0 Å². The molecule has 0 spiro atoms. The number of nitrogen functional groups attached to an aromatic ring is 1. The second-order valence-electron chi connectivity index (χ2n) is 8.71. The number of anilines is 3. The molecule has 0 amide bonds. The molecule has 5 aromatic rings. The minimum absolute atomic E-state index is 0.268. The van der Waals surface area contributed by atoms with Crippen molar-refractivity contribution in [1.29, 1.82) is 0 Å². The van der Waals surface area contributed by atoms with Crippen LogP contribution in [0, 0.1) is 0 Å². The molecule has 40 heavy (non-hydrogen) atoms. The molecule has 0 radical (unpaired) electrons. The van der Waals surface area contributed by atoms with Crippen molar-refractivity contribution in [2.75, 3.05) is 11.1 Å². The lowest BCUT2D eigenvalue weighted by atomic mass is 10.2. The topological polar surface area (TPSA) is 94.7 Å². The van der Waals surface area contributed by atoms with Gasteiger partial charge in [-0.15, -0.1) is 0 Å². The fourth-order valence-corrected chi connectivity index (χ4v) is 4.23. The third kappa shape index (κ3) is 7.08. The summed E-state index contributed by atoms with van der Waals surface area (Å²) in [6.07, 6.45) is 2.97. The Hall–Kier alpha value is -4.59. The summed E-state index contributed by atoms with van der Waals surface area (Å²) in [6, 6.07) is 30.5. The van der Waals surface area contributed by atoms with E-state index in [0.29, 0.717) is 57.5 Å². The number of rotatable bonds is 10. The zero-order chi connectivity index (χ0) is 27.7. The van der Waals surface area contributed by atoms with E-state index < -0.39 is 0 Å². The molecule has 0 bridgehead atoms. The number of nitrogens with one attached hydrogen (secondary N) is 1. The minimum atomic E-state index is 0.268. The fraction of sp³-hybridized carbons (Fsp3) is 0.0645. The van der Waals surface area contributed by atoms with E-state index in [1.54, 1.807) is 30.5 Å². The molecule has 0 aliphatic carbocycles. The lowest BCUT2D eigenvalue weighted by Crippen LogP contribution is -2.05. The molecule has 3 N–H and O–H groups in total. The van der Waals surface area contributed by atoms with Gasteiger partial charge in [0, 0.05) is 11.9 Å². The largest absolute Gasteiger partial charge is 0.487 e. The maximum Gasteiger partial charge on any atom is 0.144 e. The van der Waals surface area contributed by atoms with Crippen LogP contribution in [0.4, 0.5) is 23.0 Å². The standard InChI is InChI=1S/C31H25Cl2N5O2/c32-26-15-23(11-13-28(26)39-18-21-7-3-1-4-8-21)35-17-25-30(34)36-20-37-31(25)38-24-12-14-29(27(33)16-24)40-19-22-9-5-2-6-10-22/h1-17,20H,18-19H2,(H3,34,36,37,38)/b35-17+. The Labute approximate surface area is 242 Å². The maximum absolute atomic E-state index is 6.49. The maximum atomic E-state index is 6.49. The Morgan fingerprint density at radius 2 is 1.35 bits per heavy atom. The second-order valence-corrected chi connectivity index (χ2v) is 9.53. The summed E-state index contributed by atoms with van der Waals surface area (Å²) in [4.78, 5) is 13.0. The number of aliphatic imine (C=N–C) groups is 1. The summed E-state index contributed by atoms with van der Waals surface area (Å²) in [5, 5.41) is 4.15. The Morgan fingerprint density at radius 3 is 1.95 bits per heavy atom. The van der Waals surface area contributed by atoms with Crippen molar-refractivity contribution in [2.24, 2.45) is 4.99 Å². The summed E-state index contributed by atoms with van der Waals surface area (Å²) < 4.78 is 11.7. The highest BCUT2D eigenvalue weighted by atomic mass is 35.5. The first-order valence-corrected chi connectivity index (χ1v) is 13.1. The average Bonchev–Trinajstić information content (AvgIpc) is 2.97. The van der Waals surface area contributed by atoms with Gasteiger partial charge >= 0.3 is 0 Å². The van der Waals surface area contributed by atoms with Gasteiger partial charge in [-0.25, -0.2) is 9.97 Å². The van der Waals surface area contributed by atoms with Gasteiger partial charge in [-0.3, -0.25) is 4.99 Å². The molecule has 0 saturated heterocycles. The van der Waals surface area contributed by atoms with Crippen LogP contribution in [-0.2, 0) is 13.2 Å². The van der Waals surface area contributed by atoms with Gasteiger partial charge in [0.2, 0.25) is 0 Å². The normalized spacial score (nSPS) is 10.9. The van der Waals surface area contributed by atoms with E-state index >= 15 is 0 Å². The fourth-order valence-electron chi connectivity index (χ4n) is 3.77. The number of ether oxygens (including phenoxy) is 2. The molecule has 7 nitrogen and oxygen atoms in total. The van der Waals surface area contributed by atoms with Crippen LogP contribution in [-0.4, -0.2) is 16.2 Å². The molecule has 4 aromatic carbocycles. The molecule has 0 unspecified atom stereocenters. The number of nitrogens with two attached hydrogens (primary N) is 1. The first kappa shape index (κ1) is 27.0. The average molecular weight is 570 g/mol. The van der Waals surface area contributed by atoms with Gasteiger partial charge in [0.15, 0.2) is 0 Å². The summed E-state index contributed by atoms with van der Waals surface area (Å²) in [5.74, 6) is 1.89. The van der Waals surface area contributed by atoms with Gasteiger partial charge < -0.3 is 20.5 Å². The quantitative estimate of drug-likeness (QED) is 0.165. The molecule has 0 fully saturated rings. The number of hydrogen-bond acceptors (Lipinski definition) is 7. The first-order chi connectivity index (χ1) is 19.5. The SMILES string of the molecule is Nc1ncnc(Nc2ccc(OCc3ccccc3)c(Cl)c2)c1/C=N/c1ccc(OCc2ccccc2)c(Cl)c1. The molecule has 5 rings (SSSR count). The number of hydrogen-bond donors (Lipinski definition) is 2. The zero-order valence-corrected chi connectivity index (χ0v) is 22.8. The van der Waals surface area contributed by atoms with Crippen molar-refractivity contribution < 1.29 is 9.47 Å². The second kappa shape index (κ2) is 13.0. The Bertz CT molecular complexity index is 1620. The van der Waals surface area contributed by atoms with Crippen molar-refractivity contribution in [3.05, 3.63) is 130 Å². The van der Waals surface area contributed by atoms with Crippen LogP contribution in [0.2, 0.25) is 10.0 Å². The Morgan fingerprint density at radius 1 is 0.750 bits per heavy atom. The van der Waals surface area contributed by atoms with Crippen molar-refractivity contribution in [2.45, 2.75) is 13.2 Å². The molecule has 1 aromatic heterocycles. The molecular weight excluding hydrogens is 545 g/mol. The number of nitrogens with zero attached hydrogens (tertiary/aromatic N) is 3. The lowest BCUT2D eigenvalue weighted by molar-refractivity contribution is 0.306. The lowest BCUT2D eigenvalue weighted by Gasteiger charge is -2.12. The summed E-state index contributed by atoms with van der Waals surface area (Å²) in [6.45, 7) is 0.834. The number of aromatic nitrogens is 2. The van der Waals surface area contributed by atoms with Crippen molar-refractivity contribution in [3.8, 4) is 11.5 Å². The van der Waals surface area contributed by atoms with Crippen LogP contribution in [0.1, 0.15) is 16.7 Å². The summed E-state index contributed by atoms with van der Waals surface area (Å²) in [7, 11) is 0. The Balaban J connectivity index is 1.27. The van der Waals surface area contributed by atoms with E-state index in [2.05, 4.69) is 20.3 Å². The van der Waals surface area contributed by atoms with Crippen molar-refractivity contribution in [3.63, 3.8) is 0 Å². The zero-order valence-electron chi connectivity index (χ0n) is 21.3. The monoisotopic (exact) mass is 569 g/mol. The van der Waals surface area contributed by atoms with E-state index in [9.17, 15) is 0 Å². The highest BCUT2D eigenvalue weighted by Gasteiger charge is 2.11. The highest BCUT2D eigenvalue weighted by molar-refractivity contribution is 6.32. The molecular formula is C31H25Cl2N5O2. The van der Waals surface area contributed by atoms with Gasteiger partial charge in [-0.2, -0.15) is 0 Å². The van der Waals surface area contributed by atoms with Crippen molar-refractivity contribution in [1.82, 2.24) is 9.97 Å². The number of halogens is 2. The molecule has 200 valence electrons. The van der Waals surface area contributed by atoms with Crippen LogP contribution >= 0.6 is 23.2 Å². The van der Waals surface area contributed by atoms with Gasteiger partial charge in [-0.05, 0) is 47.5 Å². The van der Waals surface area contributed by atoms with E-state index in [1.165, 1.54) is 6.33 Å². The predicted octanol–water partition coefficient (Wildman–Crippen LogP) is 8.02. The predicted molar refractivity (Wildman–Crippen MR) is 161 cm³/mol. The van der Waals surface area contributed by atoms with Crippen LogP contribution in [0.5, 0.6) is 11.5 Å². The molecule has 0 aliphatic rings. The molecule has 1 heterocycles. The first-order valence-electron chi connectivity index (χ1n) is 12.4. The molecule has 9 heteroatoms. The third-order valence-electron chi connectivity index (χ3n) is 5.84. The van der Waals surface area contributed by atoms with Gasteiger partial charge in [0.05, 0.1) is 21.3 Å². The number of benzene rings is 4. The van der Waals surface area contributed by atoms with Crippen molar-refractivity contribution >= 4 is 52.4 Å². The smallest absolute Gasteiger partial charge is 0.144 e. The van der Waals surface area contributed by atoms with Crippen LogP contribution < -0.4 is 20.5 Å². The molecule has 0 saturated carbocycles. The third-order valence-corrected chi connectivity index (χ3v) is 6.43. The summed E-state index contributed by atoms with van der Waals surface area (Å²) in [5.41, 5.74) is 10.1. The van der Waals surface area contributed by atoms with E-state index in [-0.39, 0.29) is 5.82 Å².